The zero-order valence-electron chi connectivity index (χ0n) is 14.1. The first kappa shape index (κ1) is 18.1. The third-order valence-corrected chi connectivity index (χ3v) is 4.57. The summed E-state index contributed by atoms with van der Waals surface area (Å²) in [6.07, 6.45) is 0. The fourth-order valence-electron chi connectivity index (χ4n) is 2.73. The highest BCUT2D eigenvalue weighted by Gasteiger charge is 2.13. The average molecular weight is 343 g/mol. The molecule has 0 saturated heterocycles. The van der Waals surface area contributed by atoms with Crippen LogP contribution in [0, 0.1) is 20.8 Å². The van der Waals surface area contributed by atoms with Gasteiger partial charge in [-0.3, -0.25) is 9.59 Å². The van der Waals surface area contributed by atoms with Crippen molar-refractivity contribution in [1.82, 2.24) is 0 Å². The summed E-state index contributed by atoms with van der Waals surface area (Å²) in [6.45, 7) is 5.89. The van der Waals surface area contributed by atoms with Gasteiger partial charge < -0.3 is 10.4 Å². The zero-order chi connectivity index (χ0) is 17.7. The first-order chi connectivity index (χ1) is 11.4. The Bertz CT molecular complexity index is 748. The highest BCUT2D eigenvalue weighted by Crippen LogP contribution is 2.20. The lowest BCUT2D eigenvalue weighted by atomic mass is 9.99. The topological polar surface area (TPSA) is 66.4 Å². The summed E-state index contributed by atoms with van der Waals surface area (Å²) in [7, 11) is 0. The number of thioether (sulfide) groups is 1. The molecule has 0 aliphatic rings. The number of aliphatic carboxylic acids is 1. The summed E-state index contributed by atoms with van der Waals surface area (Å²) in [6, 6.07) is 11.5. The van der Waals surface area contributed by atoms with Crippen molar-refractivity contribution in [3.8, 4) is 0 Å². The molecule has 0 heterocycles. The molecule has 1 amide bonds. The van der Waals surface area contributed by atoms with Crippen molar-refractivity contribution in [2.24, 2.45) is 0 Å². The average Bonchev–Trinajstić information content (AvgIpc) is 2.46. The molecular weight excluding hydrogens is 322 g/mol. The maximum absolute atomic E-state index is 12.6. The van der Waals surface area contributed by atoms with E-state index in [1.165, 1.54) is 11.8 Å². The van der Waals surface area contributed by atoms with Crippen LogP contribution >= 0.6 is 11.8 Å². The van der Waals surface area contributed by atoms with E-state index < -0.39 is 5.97 Å². The van der Waals surface area contributed by atoms with Gasteiger partial charge in [-0.1, -0.05) is 29.8 Å². The fourth-order valence-corrected chi connectivity index (χ4v) is 3.42. The molecule has 126 valence electrons. The lowest BCUT2D eigenvalue weighted by Crippen LogP contribution is -2.15. The SMILES string of the molecule is Cc1cc(C)c(C(=O)Nc2cccc(CSCC(=O)O)c2)c(C)c1. The van der Waals surface area contributed by atoms with Crippen LogP contribution in [0.2, 0.25) is 0 Å². The fraction of sp³-hybridized carbons (Fsp3) is 0.263. The number of amides is 1. The molecule has 2 aromatic carbocycles. The number of rotatable bonds is 6. The van der Waals surface area contributed by atoms with Crippen molar-refractivity contribution in [3.63, 3.8) is 0 Å². The molecule has 0 aromatic heterocycles. The predicted molar refractivity (Wildman–Crippen MR) is 98.8 cm³/mol. The minimum Gasteiger partial charge on any atom is -0.481 e. The second-order valence-corrected chi connectivity index (χ2v) is 6.80. The van der Waals surface area contributed by atoms with Crippen LogP contribution in [0.1, 0.15) is 32.6 Å². The number of anilines is 1. The number of carbonyl (C=O) groups is 2. The van der Waals surface area contributed by atoms with Crippen molar-refractivity contribution >= 4 is 29.3 Å². The predicted octanol–water partition coefficient (Wildman–Crippen LogP) is 4.18. The molecule has 0 bridgehead atoms. The first-order valence-electron chi connectivity index (χ1n) is 7.64. The molecule has 0 spiro atoms. The van der Waals surface area contributed by atoms with Crippen molar-refractivity contribution in [2.75, 3.05) is 11.1 Å². The van der Waals surface area contributed by atoms with Crippen LogP contribution in [-0.2, 0) is 10.5 Å². The molecule has 0 unspecified atom stereocenters. The van der Waals surface area contributed by atoms with Crippen LogP contribution in [0.5, 0.6) is 0 Å². The van der Waals surface area contributed by atoms with Gasteiger partial charge in [0.15, 0.2) is 0 Å². The van der Waals surface area contributed by atoms with Gasteiger partial charge in [0.25, 0.3) is 5.91 Å². The van der Waals surface area contributed by atoms with Crippen LogP contribution in [0.4, 0.5) is 5.69 Å². The molecule has 0 fully saturated rings. The van der Waals surface area contributed by atoms with Gasteiger partial charge in [0.05, 0.1) is 5.75 Å². The molecule has 0 atom stereocenters. The van der Waals surface area contributed by atoms with Gasteiger partial charge in [-0.25, -0.2) is 0 Å². The van der Waals surface area contributed by atoms with E-state index >= 15 is 0 Å². The van der Waals surface area contributed by atoms with Crippen LogP contribution in [-0.4, -0.2) is 22.7 Å². The second kappa shape index (κ2) is 8.02. The molecule has 0 saturated carbocycles. The first-order valence-corrected chi connectivity index (χ1v) is 8.80. The lowest BCUT2D eigenvalue weighted by Gasteiger charge is -2.12. The quantitative estimate of drug-likeness (QED) is 0.826. The van der Waals surface area contributed by atoms with Crippen molar-refractivity contribution in [1.29, 1.82) is 0 Å². The number of aryl methyl sites for hydroxylation is 3. The number of carbonyl (C=O) groups excluding carboxylic acids is 1. The van der Waals surface area contributed by atoms with Crippen LogP contribution < -0.4 is 5.32 Å². The summed E-state index contributed by atoms with van der Waals surface area (Å²) < 4.78 is 0. The molecule has 5 heteroatoms. The summed E-state index contributed by atoms with van der Waals surface area (Å²) in [4.78, 5) is 23.2. The molecule has 24 heavy (non-hydrogen) atoms. The molecule has 0 radical (unpaired) electrons. The van der Waals surface area contributed by atoms with Crippen molar-refractivity contribution in [2.45, 2.75) is 26.5 Å². The largest absolute Gasteiger partial charge is 0.481 e. The summed E-state index contributed by atoms with van der Waals surface area (Å²) in [5.74, 6) is -0.285. The number of benzene rings is 2. The molecule has 0 aliphatic carbocycles. The Morgan fingerprint density at radius 2 is 1.75 bits per heavy atom. The Hall–Kier alpha value is -2.27. The number of carboxylic acids is 1. The van der Waals surface area contributed by atoms with E-state index in [-0.39, 0.29) is 11.7 Å². The van der Waals surface area contributed by atoms with Gasteiger partial charge >= 0.3 is 5.97 Å². The van der Waals surface area contributed by atoms with Gasteiger partial charge in [0.1, 0.15) is 0 Å². The van der Waals surface area contributed by atoms with Crippen LogP contribution in [0.3, 0.4) is 0 Å². The highest BCUT2D eigenvalue weighted by molar-refractivity contribution is 7.99. The van der Waals surface area contributed by atoms with Gasteiger partial charge in [-0.2, -0.15) is 0 Å². The third kappa shape index (κ3) is 4.86. The Labute approximate surface area is 146 Å². The van der Waals surface area contributed by atoms with Gasteiger partial charge in [-0.05, 0) is 49.6 Å². The summed E-state index contributed by atoms with van der Waals surface area (Å²) in [5.41, 5.74) is 5.45. The second-order valence-electron chi connectivity index (χ2n) is 5.81. The number of hydrogen-bond donors (Lipinski definition) is 2. The standard InChI is InChI=1S/C19H21NO3S/c1-12-7-13(2)18(14(3)8-12)19(23)20-16-6-4-5-15(9-16)10-24-11-17(21)22/h4-9H,10-11H2,1-3H3,(H,20,23)(H,21,22). The maximum atomic E-state index is 12.6. The molecule has 4 nitrogen and oxygen atoms in total. The maximum Gasteiger partial charge on any atom is 0.313 e. The highest BCUT2D eigenvalue weighted by atomic mass is 32.2. The van der Waals surface area contributed by atoms with E-state index in [0.29, 0.717) is 17.0 Å². The Kier molecular flexibility index (Phi) is 6.04. The van der Waals surface area contributed by atoms with E-state index in [2.05, 4.69) is 5.32 Å². The molecular formula is C19H21NO3S. The molecule has 2 rings (SSSR count). The summed E-state index contributed by atoms with van der Waals surface area (Å²) >= 11 is 1.33. The van der Waals surface area contributed by atoms with Crippen LogP contribution in [0.25, 0.3) is 0 Å². The van der Waals surface area contributed by atoms with E-state index in [0.717, 1.165) is 22.3 Å². The third-order valence-electron chi connectivity index (χ3n) is 3.58. The van der Waals surface area contributed by atoms with E-state index in [9.17, 15) is 9.59 Å². The van der Waals surface area contributed by atoms with Crippen molar-refractivity contribution < 1.29 is 14.7 Å². The van der Waals surface area contributed by atoms with Gasteiger partial charge in [0.2, 0.25) is 0 Å². The number of carboxylic acid groups (broad SMARTS) is 1. The molecule has 0 aliphatic heterocycles. The van der Waals surface area contributed by atoms with E-state index in [1.54, 1.807) is 0 Å². The zero-order valence-corrected chi connectivity index (χ0v) is 14.9. The summed E-state index contributed by atoms with van der Waals surface area (Å²) in [5, 5.41) is 11.6. The molecule has 2 N–H and O–H groups in total. The van der Waals surface area contributed by atoms with Crippen LogP contribution in [0.15, 0.2) is 36.4 Å². The molecule has 2 aromatic rings. The Balaban J connectivity index is 2.11. The smallest absolute Gasteiger partial charge is 0.313 e. The monoisotopic (exact) mass is 343 g/mol. The Morgan fingerprint density at radius 1 is 1.08 bits per heavy atom. The van der Waals surface area contributed by atoms with Crippen molar-refractivity contribution in [3.05, 3.63) is 64.2 Å². The number of nitrogens with one attached hydrogen (secondary N) is 1. The van der Waals surface area contributed by atoms with E-state index in [4.69, 9.17) is 5.11 Å². The lowest BCUT2D eigenvalue weighted by molar-refractivity contribution is -0.133. The van der Waals surface area contributed by atoms with Gasteiger partial charge in [0, 0.05) is 17.0 Å². The van der Waals surface area contributed by atoms with Gasteiger partial charge in [-0.15, -0.1) is 11.8 Å². The van der Waals surface area contributed by atoms with E-state index in [1.807, 2.05) is 57.2 Å². The minimum atomic E-state index is -0.824. The Morgan fingerprint density at radius 3 is 2.38 bits per heavy atom. The number of hydrogen-bond acceptors (Lipinski definition) is 3. The minimum absolute atomic E-state index is 0.0678. The normalized spacial score (nSPS) is 10.5.